The number of allylic oxidation sites excluding steroid dienone is 3. The molecule has 1 fully saturated rings. The second kappa shape index (κ2) is 21.4. The van der Waals surface area contributed by atoms with E-state index in [-0.39, 0.29) is 11.8 Å². The van der Waals surface area contributed by atoms with Crippen molar-refractivity contribution in [3.8, 4) is 12.8 Å². The van der Waals surface area contributed by atoms with E-state index < -0.39 is 0 Å². The number of hydrogen-bond acceptors (Lipinski definition) is 4. The Kier molecular flexibility index (Phi) is 18.2. The van der Waals surface area contributed by atoms with E-state index >= 15 is 0 Å². The lowest BCUT2D eigenvalue weighted by atomic mass is 9.84. The fraction of sp³-hybridized carbons (Fsp3) is 0.378. The van der Waals surface area contributed by atoms with E-state index in [9.17, 15) is 9.59 Å². The minimum atomic E-state index is 0.000278. The standard InChI is InChI=1S/C24H29NO2.C9H12N2O.C2H6.C2H2/c1-19(21-8-4-3-5-9-21)27-18-20-10-12-22(13-11-20)25-23(26)14-17-24(2)15-6-7-16-24;1-2-9(12)11-8-6-4-3-5-7-10-8;2*1-2/h3-5,8-13H,1,6-7,14-18H2,2H3,(H,25,26);3,5-7H,2,4H2,1H3,(H,11,12);1-2H3;1-2H. The van der Waals surface area contributed by atoms with Crippen molar-refractivity contribution in [2.45, 2.75) is 85.7 Å². The largest absolute Gasteiger partial charge is 0.489 e. The van der Waals surface area contributed by atoms with Gasteiger partial charge in [-0.2, -0.15) is 0 Å². The predicted octanol–water partition coefficient (Wildman–Crippen LogP) is 8.83. The van der Waals surface area contributed by atoms with Crippen molar-refractivity contribution in [3.05, 3.63) is 96.4 Å². The summed E-state index contributed by atoms with van der Waals surface area (Å²) in [6.07, 6.45) is 23.4. The average molecular weight is 584 g/mol. The molecule has 2 aliphatic rings. The Bertz CT molecular complexity index is 1220. The first-order valence-electron chi connectivity index (χ1n) is 15.2. The number of carbonyl (C=O) groups excluding carboxylic acids is 2. The van der Waals surface area contributed by atoms with Gasteiger partial charge in [-0.15, -0.1) is 12.8 Å². The summed E-state index contributed by atoms with van der Waals surface area (Å²) in [6, 6.07) is 17.7. The van der Waals surface area contributed by atoms with Crippen LogP contribution in [-0.4, -0.2) is 18.0 Å². The van der Waals surface area contributed by atoms with Crippen LogP contribution in [0.1, 0.15) is 90.2 Å². The van der Waals surface area contributed by atoms with Crippen molar-refractivity contribution in [2.75, 3.05) is 5.32 Å². The Morgan fingerprint density at radius 1 is 0.977 bits per heavy atom. The SMILES string of the molecule is C#C.C=C(OCc1ccc(NC(=O)CCC2(C)CCCC2)cc1)c1ccccc1.CC.CCC(=O)NC1=CCC=CC=N1. The van der Waals surface area contributed by atoms with Crippen LogP contribution in [0, 0.1) is 18.3 Å². The zero-order chi connectivity index (χ0) is 31.9. The minimum absolute atomic E-state index is 0.000278. The highest BCUT2D eigenvalue weighted by Crippen LogP contribution is 2.41. The van der Waals surface area contributed by atoms with Crippen LogP contribution < -0.4 is 10.6 Å². The Morgan fingerprint density at radius 2 is 1.63 bits per heavy atom. The first-order chi connectivity index (χ1) is 20.9. The lowest BCUT2D eigenvalue weighted by molar-refractivity contribution is -0.120. The highest BCUT2D eigenvalue weighted by atomic mass is 16.5. The molecule has 0 bridgehead atoms. The zero-order valence-electron chi connectivity index (χ0n) is 26.4. The molecule has 1 heterocycles. The number of aliphatic imine (C=N–C) groups is 1. The first-order valence-corrected chi connectivity index (χ1v) is 15.2. The van der Waals surface area contributed by atoms with E-state index in [2.05, 4.69) is 42.0 Å². The van der Waals surface area contributed by atoms with Gasteiger partial charge in [0.25, 0.3) is 0 Å². The molecule has 0 saturated heterocycles. The van der Waals surface area contributed by atoms with Gasteiger partial charge in [0.15, 0.2) is 0 Å². The van der Waals surface area contributed by atoms with Crippen LogP contribution >= 0.6 is 0 Å². The number of amides is 2. The van der Waals surface area contributed by atoms with Crippen molar-refractivity contribution in [2.24, 2.45) is 10.4 Å². The molecule has 2 amide bonds. The van der Waals surface area contributed by atoms with Crippen molar-refractivity contribution in [1.29, 1.82) is 0 Å². The third kappa shape index (κ3) is 14.9. The second-order valence-electron chi connectivity index (χ2n) is 10.3. The summed E-state index contributed by atoms with van der Waals surface area (Å²) in [5, 5.41) is 5.70. The first kappa shape index (κ1) is 36.7. The van der Waals surface area contributed by atoms with Crippen LogP contribution in [0.25, 0.3) is 5.76 Å². The molecule has 4 rings (SSSR count). The van der Waals surface area contributed by atoms with Crippen LogP contribution in [0.3, 0.4) is 0 Å². The summed E-state index contributed by atoms with van der Waals surface area (Å²) in [4.78, 5) is 27.2. The molecule has 0 aromatic heterocycles. The van der Waals surface area contributed by atoms with Crippen molar-refractivity contribution < 1.29 is 14.3 Å². The number of anilines is 1. The van der Waals surface area contributed by atoms with Gasteiger partial charge in [-0.1, -0.05) is 95.7 Å². The maximum absolute atomic E-state index is 12.2. The summed E-state index contributed by atoms with van der Waals surface area (Å²) in [5.41, 5.74) is 3.22. The van der Waals surface area contributed by atoms with E-state index in [0.29, 0.717) is 36.4 Å². The smallest absolute Gasteiger partial charge is 0.225 e. The number of carbonyl (C=O) groups is 2. The molecular weight excluding hydrogens is 534 g/mol. The number of rotatable bonds is 10. The molecule has 2 N–H and O–H groups in total. The lowest BCUT2D eigenvalue weighted by Gasteiger charge is -2.22. The summed E-state index contributed by atoms with van der Waals surface area (Å²) >= 11 is 0. The van der Waals surface area contributed by atoms with Gasteiger partial charge in [0.05, 0.1) is 0 Å². The highest BCUT2D eigenvalue weighted by Gasteiger charge is 2.28. The van der Waals surface area contributed by atoms with Crippen molar-refractivity contribution in [3.63, 3.8) is 0 Å². The van der Waals surface area contributed by atoms with Crippen LogP contribution in [-0.2, 0) is 20.9 Å². The normalized spacial score (nSPS) is 14.0. The number of hydrogen-bond donors (Lipinski definition) is 2. The lowest BCUT2D eigenvalue weighted by Crippen LogP contribution is -2.20. The quantitative estimate of drug-likeness (QED) is 0.217. The summed E-state index contributed by atoms with van der Waals surface area (Å²) in [7, 11) is 0. The second-order valence-corrected chi connectivity index (χ2v) is 10.3. The maximum Gasteiger partial charge on any atom is 0.225 e. The predicted molar refractivity (Wildman–Crippen MR) is 181 cm³/mol. The molecule has 6 nitrogen and oxygen atoms in total. The molecule has 0 radical (unpaired) electrons. The monoisotopic (exact) mass is 583 g/mol. The third-order valence-electron chi connectivity index (χ3n) is 6.98. The number of nitrogens with zero attached hydrogens (tertiary/aromatic N) is 1. The Labute approximate surface area is 259 Å². The molecule has 0 spiro atoms. The van der Waals surface area contributed by atoms with Crippen molar-refractivity contribution >= 4 is 29.5 Å². The molecule has 2 aromatic carbocycles. The van der Waals surface area contributed by atoms with Gasteiger partial charge < -0.3 is 15.4 Å². The van der Waals surface area contributed by atoms with Crippen LogP contribution in [0.4, 0.5) is 5.69 Å². The van der Waals surface area contributed by atoms with Gasteiger partial charge in [-0.3, -0.25) is 9.59 Å². The van der Waals surface area contributed by atoms with Crippen LogP contribution in [0.15, 0.2) is 90.2 Å². The van der Waals surface area contributed by atoms with Gasteiger partial charge >= 0.3 is 0 Å². The molecule has 6 heteroatoms. The Hall–Kier alpha value is -4.37. The molecule has 230 valence electrons. The number of ether oxygens (including phenoxy) is 1. The molecule has 1 aliphatic carbocycles. The summed E-state index contributed by atoms with van der Waals surface area (Å²) in [6.45, 7) is 12.6. The van der Waals surface area contributed by atoms with E-state index in [4.69, 9.17) is 4.74 Å². The van der Waals surface area contributed by atoms with Crippen LogP contribution in [0.2, 0.25) is 0 Å². The summed E-state index contributed by atoms with van der Waals surface area (Å²) in [5.74, 6) is 1.41. The molecule has 43 heavy (non-hydrogen) atoms. The fourth-order valence-corrected chi connectivity index (χ4v) is 4.49. The van der Waals surface area contributed by atoms with E-state index in [1.54, 1.807) is 6.21 Å². The number of benzene rings is 2. The van der Waals surface area contributed by atoms with Crippen molar-refractivity contribution in [1.82, 2.24) is 5.32 Å². The fourth-order valence-electron chi connectivity index (χ4n) is 4.49. The molecule has 2 aromatic rings. The summed E-state index contributed by atoms with van der Waals surface area (Å²) < 4.78 is 5.76. The van der Waals surface area contributed by atoms with Gasteiger partial charge in [0.2, 0.25) is 11.8 Å². The van der Waals surface area contributed by atoms with E-state index in [1.807, 2.05) is 93.6 Å². The van der Waals surface area contributed by atoms with Gasteiger partial charge in [-0.05, 0) is 60.9 Å². The number of nitrogens with one attached hydrogen (secondary N) is 2. The molecule has 0 unspecified atom stereocenters. The van der Waals surface area contributed by atoms with E-state index in [1.165, 1.54) is 25.7 Å². The molecule has 0 atom stereocenters. The highest BCUT2D eigenvalue weighted by molar-refractivity contribution is 5.90. The molecule has 1 aliphatic heterocycles. The van der Waals surface area contributed by atoms with Crippen LogP contribution in [0.5, 0.6) is 0 Å². The molecular formula is C37H49N3O3. The third-order valence-corrected chi connectivity index (χ3v) is 6.98. The topological polar surface area (TPSA) is 79.8 Å². The minimum Gasteiger partial charge on any atom is -0.489 e. The molecule has 1 saturated carbocycles. The number of terminal acetylenes is 1. The maximum atomic E-state index is 12.2. The van der Waals surface area contributed by atoms with E-state index in [0.717, 1.165) is 29.7 Å². The van der Waals surface area contributed by atoms with Gasteiger partial charge in [0, 0.05) is 30.3 Å². The van der Waals surface area contributed by atoms with Gasteiger partial charge in [-0.25, -0.2) is 4.99 Å². The zero-order valence-corrected chi connectivity index (χ0v) is 26.4. The Balaban J connectivity index is 0.000000483. The van der Waals surface area contributed by atoms with Gasteiger partial charge in [0.1, 0.15) is 18.2 Å². The average Bonchev–Trinajstić information content (AvgIpc) is 3.33. The Morgan fingerprint density at radius 3 is 2.26 bits per heavy atom.